The van der Waals surface area contributed by atoms with Crippen LogP contribution in [0.1, 0.15) is 19.4 Å². The molecule has 0 aliphatic carbocycles. The van der Waals surface area contributed by atoms with Crippen molar-refractivity contribution in [1.82, 2.24) is 4.57 Å². The fraction of sp³-hybridized carbons (Fsp3) is 0.300. The van der Waals surface area contributed by atoms with Crippen molar-refractivity contribution in [3.63, 3.8) is 0 Å². The summed E-state index contributed by atoms with van der Waals surface area (Å²) in [5.41, 5.74) is 9.37. The molecular weight excluding hydrogens is 306 g/mol. The van der Waals surface area contributed by atoms with Gasteiger partial charge in [0.15, 0.2) is 0 Å². The molecule has 2 nitrogen and oxygen atoms in total. The minimum absolute atomic E-state index is 0.501. The summed E-state index contributed by atoms with van der Waals surface area (Å²) in [5, 5.41) is 1.15. The second-order valence-electron chi connectivity index (χ2n) is 6.63. The first-order chi connectivity index (χ1) is 11.5. The maximum Gasteiger partial charge on any atom is 0.126 e. The van der Waals surface area contributed by atoms with Crippen molar-refractivity contribution in [2.45, 2.75) is 26.8 Å². The molecule has 3 aromatic rings. The van der Waals surface area contributed by atoms with Gasteiger partial charge in [-0.1, -0.05) is 26.0 Å². The summed E-state index contributed by atoms with van der Waals surface area (Å²) >= 11 is 0. The van der Waals surface area contributed by atoms with Crippen molar-refractivity contribution in [3.8, 4) is 11.1 Å². The Morgan fingerprint density at radius 1 is 1.00 bits per heavy atom. The van der Waals surface area contributed by atoms with Crippen LogP contribution in [0.5, 0.6) is 0 Å². The third-order valence-electron chi connectivity index (χ3n) is 4.14. The van der Waals surface area contributed by atoms with E-state index in [1.54, 1.807) is 0 Å². The van der Waals surface area contributed by atoms with Gasteiger partial charge in [-0.25, -0.2) is 8.78 Å². The van der Waals surface area contributed by atoms with Gasteiger partial charge in [-0.05, 0) is 53.8 Å². The van der Waals surface area contributed by atoms with Crippen molar-refractivity contribution in [1.29, 1.82) is 0 Å². The second kappa shape index (κ2) is 6.73. The molecule has 0 bridgehead atoms. The van der Waals surface area contributed by atoms with E-state index in [0.717, 1.165) is 35.5 Å². The molecule has 2 aromatic carbocycles. The molecule has 0 atom stereocenters. The van der Waals surface area contributed by atoms with Crippen LogP contribution >= 0.6 is 0 Å². The number of benzene rings is 2. The lowest BCUT2D eigenvalue weighted by atomic mass is 10.0. The highest BCUT2D eigenvalue weighted by Crippen LogP contribution is 2.29. The van der Waals surface area contributed by atoms with Crippen molar-refractivity contribution >= 4 is 10.9 Å². The molecule has 0 saturated heterocycles. The fourth-order valence-corrected chi connectivity index (χ4v) is 3.17. The van der Waals surface area contributed by atoms with Crippen LogP contribution < -0.4 is 5.73 Å². The van der Waals surface area contributed by atoms with E-state index in [9.17, 15) is 8.78 Å². The second-order valence-corrected chi connectivity index (χ2v) is 6.63. The molecule has 4 heteroatoms. The number of aromatic nitrogens is 1. The number of halogens is 2. The lowest BCUT2D eigenvalue weighted by molar-refractivity contribution is 0.534. The molecule has 126 valence electrons. The van der Waals surface area contributed by atoms with Gasteiger partial charge in [0.05, 0.1) is 0 Å². The van der Waals surface area contributed by atoms with Crippen LogP contribution in [-0.2, 0) is 13.0 Å². The van der Waals surface area contributed by atoms with Gasteiger partial charge >= 0.3 is 0 Å². The number of hydrogen-bond acceptors (Lipinski definition) is 1. The van der Waals surface area contributed by atoms with Gasteiger partial charge in [-0.3, -0.25) is 0 Å². The Hall–Kier alpha value is -2.20. The first kappa shape index (κ1) is 16.7. The van der Waals surface area contributed by atoms with Crippen LogP contribution in [0, 0.1) is 17.6 Å². The Kier molecular flexibility index (Phi) is 4.67. The van der Waals surface area contributed by atoms with Gasteiger partial charge in [0.1, 0.15) is 11.6 Å². The van der Waals surface area contributed by atoms with E-state index in [2.05, 4.69) is 24.6 Å². The van der Waals surface area contributed by atoms with Crippen molar-refractivity contribution in [3.05, 3.63) is 59.8 Å². The summed E-state index contributed by atoms with van der Waals surface area (Å²) in [6, 6.07) is 9.56. The van der Waals surface area contributed by atoms with Crippen LogP contribution in [0.4, 0.5) is 8.78 Å². The minimum atomic E-state index is -0.563. The van der Waals surface area contributed by atoms with E-state index < -0.39 is 11.6 Å². The number of nitrogens with two attached hydrogens (primary N) is 1. The Labute approximate surface area is 140 Å². The Balaban J connectivity index is 2.15. The molecule has 3 rings (SSSR count). The molecule has 1 aromatic heterocycles. The predicted octanol–water partition coefficient (Wildman–Crippen LogP) is 4.74. The minimum Gasteiger partial charge on any atom is -0.347 e. The average molecular weight is 328 g/mol. The zero-order valence-corrected chi connectivity index (χ0v) is 14.0. The summed E-state index contributed by atoms with van der Waals surface area (Å²) < 4.78 is 29.3. The largest absolute Gasteiger partial charge is 0.347 e. The van der Waals surface area contributed by atoms with E-state index in [1.807, 2.05) is 18.2 Å². The van der Waals surface area contributed by atoms with E-state index in [0.29, 0.717) is 18.0 Å². The lowest BCUT2D eigenvalue weighted by Crippen LogP contribution is -2.04. The van der Waals surface area contributed by atoms with E-state index >= 15 is 0 Å². The van der Waals surface area contributed by atoms with Gasteiger partial charge in [-0.2, -0.15) is 0 Å². The highest BCUT2D eigenvalue weighted by molar-refractivity contribution is 5.88. The maximum atomic E-state index is 13.5. The quantitative estimate of drug-likeness (QED) is 0.720. The monoisotopic (exact) mass is 328 g/mol. The average Bonchev–Trinajstić information content (AvgIpc) is 2.83. The summed E-state index contributed by atoms with van der Waals surface area (Å²) in [4.78, 5) is 0. The number of rotatable bonds is 5. The van der Waals surface area contributed by atoms with Gasteiger partial charge in [-0.15, -0.1) is 0 Å². The number of fused-ring (bicyclic) bond motifs is 1. The first-order valence-electron chi connectivity index (χ1n) is 8.26. The molecule has 0 spiro atoms. The molecule has 0 saturated carbocycles. The van der Waals surface area contributed by atoms with E-state index in [4.69, 9.17) is 5.73 Å². The third-order valence-corrected chi connectivity index (χ3v) is 4.14. The van der Waals surface area contributed by atoms with Crippen LogP contribution in [0.3, 0.4) is 0 Å². The van der Waals surface area contributed by atoms with E-state index in [1.165, 1.54) is 17.7 Å². The van der Waals surface area contributed by atoms with Crippen LogP contribution in [0.15, 0.2) is 42.6 Å². The maximum absolute atomic E-state index is 13.5. The van der Waals surface area contributed by atoms with Crippen molar-refractivity contribution in [2.75, 3.05) is 6.54 Å². The highest BCUT2D eigenvalue weighted by Gasteiger charge is 2.11. The topological polar surface area (TPSA) is 30.9 Å². The van der Waals surface area contributed by atoms with Crippen molar-refractivity contribution in [2.24, 2.45) is 11.7 Å². The number of hydrogen-bond donors (Lipinski definition) is 1. The van der Waals surface area contributed by atoms with Crippen LogP contribution in [0.25, 0.3) is 22.0 Å². The fourth-order valence-electron chi connectivity index (χ4n) is 3.17. The normalized spacial score (nSPS) is 11.6. The molecule has 24 heavy (non-hydrogen) atoms. The molecule has 0 unspecified atom stereocenters. The Morgan fingerprint density at radius 3 is 2.33 bits per heavy atom. The molecule has 2 N–H and O–H groups in total. The molecule has 0 radical (unpaired) electrons. The van der Waals surface area contributed by atoms with Crippen LogP contribution in [-0.4, -0.2) is 11.1 Å². The third kappa shape index (κ3) is 3.34. The Morgan fingerprint density at radius 2 is 1.71 bits per heavy atom. The van der Waals surface area contributed by atoms with Gasteiger partial charge < -0.3 is 10.3 Å². The molecule has 1 heterocycles. The SMILES string of the molecule is CC(C)Cn1cc(CCN)c2ccc(-c3cc(F)cc(F)c3)cc21. The summed E-state index contributed by atoms with van der Waals surface area (Å²) in [6.07, 6.45) is 2.96. The summed E-state index contributed by atoms with van der Waals surface area (Å²) in [5.74, 6) is -0.625. The number of nitrogens with zero attached hydrogens (tertiary/aromatic N) is 1. The zero-order chi connectivity index (χ0) is 17.3. The smallest absolute Gasteiger partial charge is 0.126 e. The zero-order valence-electron chi connectivity index (χ0n) is 14.0. The molecular formula is C20H22F2N2. The van der Waals surface area contributed by atoms with Crippen LogP contribution in [0.2, 0.25) is 0 Å². The highest BCUT2D eigenvalue weighted by atomic mass is 19.1. The van der Waals surface area contributed by atoms with Crippen molar-refractivity contribution < 1.29 is 8.78 Å². The van der Waals surface area contributed by atoms with Gasteiger partial charge in [0.25, 0.3) is 0 Å². The molecule has 0 amide bonds. The van der Waals surface area contributed by atoms with Gasteiger partial charge in [0, 0.05) is 29.7 Å². The molecule has 0 aliphatic heterocycles. The summed E-state index contributed by atoms with van der Waals surface area (Å²) in [6.45, 7) is 5.82. The summed E-state index contributed by atoms with van der Waals surface area (Å²) in [7, 11) is 0. The standard InChI is InChI=1S/C20H22F2N2/c1-13(2)11-24-12-15(5-6-23)19-4-3-14(9-20(19)24)16-7-17(21)10-18(22)8-16/h3-4,7-10,12-13H,5-6,11,23H2,1-2H3. The first-order valence-corrected chi connectivity index (χ1v) is 8.26. The predicted molar refractivity (Wildman–Crippen MR) is 94.9 cm³/mol. The van der Waals surface area contributed by atoms with E-state index in [-0.39, 0.29) is 0 Å². The molecule has 0 fully saturated rings. The van der Waals surface area contributed by atoms with Gasteiger partial charge in [0.2, 0.25) is 0 Å². The molecule has 0 aliphatic rings. The Bertz CT molecular complexity index is 845. The lowest BCUT2D eigenvalue weighted by Gasteiger charge is -2.09.